The molecule has 1 heterocycles. The van der Waals surface area contributed by atoms with Gasteiger partial charge in [0.05, 0.1) is 6.61 Å². The van der Waals surface area contributed by atoms with Crippen molar-refractivity contribution in [1.29, 1.82) is 0 Å². The van der Waals surface area contributed by atoms with E-state index in [0.717, 1.165) is 5.56 Å². The van der Waals surface area contributed by atoms with Gasteiger partial charge < -0.3 is 14.8 Å². The van der Waals surface area contributed by atoms with E-state index in [2.05, 4.69) is 22.1 Å². The third kappa shape index (κ3) is 4.85. The molecule has 1 amide bonds. The molecule has 0 aliphatic rings. The Morgan fingerprint density at radius 3 is 2.76 bits per heavy atom. The number of hydrogen-bond donors (Lipinski definition) is 1. The zero-order valence-electron chi connectivity index (χ0n) is 14.5. The molecule has 0 saturated carbocycles. The lowest BCUT2D eigenvalue weighted by atomic mass is 10.2. The number of anilines is 1. The molecule has 0 aliphatic carbocycles. The minimum atomic E-state index is -0.781. The Morgan fingerprint density at radius 1 is 1.32 bits per heavy atom. The van der Waals surface area contributed by atoms with Gasteiger partial charge in [0.1, 0.15) is 5.69 Å². The van der Waals surface area contributed by atoms with E-state index < -0.39 is 6.16 Å². The predicted molar refractivity (Wildman–Crippen MR) is 92.3 cm³/mol. The van der Waals surface area contributed by atoms with Gasteiger partial charge in [-0.3, -0.25) is 9.36 Å². The largest absolute Gasteiger partial charge is 0.515 e. The number of nitrogens with one attached hydrogen (secondary N) is 1. The van der Waals surface area contributed by atoms with Crippen LogP contribution in [0.3, 0.4) is 0 Å². The van der Waals surface area contributed by atoms with Crippen molar-refractivity contribution in [1.82, 2.24) is 9.55 Å². The zero-order chi connectivity index (χ0) is 18.4. The fraction of sp³-hybridized carbons (Fsp3) is 0.278. The second kappa shape index (κ2) is 8.02. The Morgan fingerprint density at radius 2 is 2.08 bits per heavy atom. The Kier molecular flexibility index (Phi) is 5.79. The van der Waals surface area contributed by atoms with E-state index in [1.165, 1.54) is 6.92 Å². The van der Waals surface area contributed by atoms with Gasteiger partial charge in [-0.25, -0.2) is 9.78 Å². The SMILES string of the molecule is CCOC(=O)Oc1c(C)nc(C#Cc2cccc(NC(C)=O)c2)n1C. The lowest BCUT2D eigenvalue weighted by Gasteiger charge is -2.05. The first-order valence-corrected chi connectivity index (χ1v) is 7.68. The second-order valence-electron chi connectivity index (χ2n) is 5.18. The third-order valence-corrected chi connectivity index (χ3v) is 3.15. The van der Waals surface area contributed by atoms with Gasteiger partial charge in [-0.05, 0) is 38.0 Å². The van der Waals surface area contributed by atoms with Crippen molar-refractivity contribution in [3.63, 3.8) is 0 Å². The van der Waals surface area contributed by atoms with Gasteiger partial charge in [-0.2, -0.15) is 0 Å². The highest BCUT2D eigenvalue weighted by molar-refractivity contribution is 5.88. The normalized spacial score (nSPS) is 9.76. The lowest BCUT2D eigenvalue weighted by molar-refractivity contribution is -0.114. The van der Waals surface area contributed by atoms with Gasteiger partial charge >= 0.3 is 6.16 Å². The zero-order valence-corrected chi connectivity index (χ0v) is 14.5. The predicted octanol–water partition coefficient (Wildman–Crippen LogP) is 2.62. The summed E-state index contributed by atoms with van der Waals surface area (Å²) in [7, 11) is 1.70. The summed E-state index contributed by atoms with van der Waals surface area (Å²) in [6.45, 7) is 5.09. The van der Waals surface area contributed by atoms with Gasteiger partial charge in [0.25, 0.3) is 0 Å². The van der Waals surface area contributed by atoms with Crippen molar-refractivity contribution in [3.8, 4) is 17.7 Å². The summed E-state index contributed by atoms with van der Waals surface area (Å²) in [5.74, 6) is 6.50. The Hall–Kier alpha value is -3.27. The van der Waals surface area contributed by atoms with Crippen molar-refractivity contribution in [3.05, 3.63) is 41.3 Å². The van der Waals surface area contributed by atoms with Crippen molar-refractivity contribution >= 4 is 17.7 Å². The maximum atomic E-state index is 11.5. The summed E-state index contributed by atoms with van der Waals surface area (Å²) < 4.78 is 11.5. The molecule has 0 saturated heterocycles. The number of carbonyl (C=O) groups excluding carboxylic acids is 2. The van der Waals surface area contributed by atoms with Crippen molar-refractivity contribution in [2.24, 2.45) is 7.05 Å². The summed E-state index contributed by atoms with van der Waals surface area (Å²) in [6, 6.07) is 7.17. The molecule has 7 nitrogen and oxygen atoms in total. The number of rotatable bonds is 3. The molecular formula is C18H19N3O4. The Bertz CT molecular complexity index is 859. The highest BCUT2D eigenvalue weighted by atomic mass is 16.7. The van der Waals surface area contributed by atoms with E-state index >= 15 is 0 Å². The molecule has 7 heteroatoms. The molecule has 0 unspecified atom stereocenters. The molecular weight excluding hydrogens is 322 g/mol. The van der Waals surface area contributed by atoms with E-state index in [9.17, 15) is 9.59 Å². The topological polar surface area (TPSA) is 82.5 Å². The molecule has 1 N–H and O–H groups in total. The van der Waals surface area contributed by atoms with Gasteiger partial charge in [-0.1, -0.05) is 12.0 Å². The Labute approximate surface area is 146 Å². The molecule has 0 bridgehead atoms. The van der Waals surface area contributed by atoms with Crippen molar-refractivity contribution in [2.45, 2.75) is 20.8 Å². The summed E-state index contributed by atoms with van der Waals surface area (Å²) in [4.78, 5) is 26.9. The number of benzene rings is 1. The van der Waals surface area contributed by atoms with Crippen LogP contribution in [0, 0.1) is 18.8 Å². The minimum Gasteiger partial charge on any atom is -0.434 e. The average Bonchev–Trinajstić information content (AvgIpc) is 2.80. The maximum absolute atomic E-state index is 11.5. The lowest BCUT2D eigenvalue weighted by Crippen LogP contribution is -2.13. The first kappa shape index (κ1) is 18.1. The molecule has 0 radical (unpaired) electrons. The molecule has 1 aromatic heterocycles. The number of aromatic nitrogens is 2. The van der Waals surface area contributed by atoms with E-state index in [1.807, 2.05) is 6.07 Å². The van der Waals surface area contributed by atoms with Gasteiger partial charge in [-0.15, -0.1) is 0 Å². The molecule has 2 aromatic rings. The van der Waals surface area contributed by atoms with Crippen molar-refractivity contribution < 1.29 is 19.1 Å². The van der Waals surface area contributed by atoms with Gasteiger partial charge in [0.2, 0.25) is 11.8 Å². The van der Waals surface area contributed by atoms with Gasteiger partial charge in [0.15, 0.2) is 5.82 Å². The number of nitrogens with zero attached hydrogens (tertiary/aromatic N) is 2. The summed E-state index contributed by atoms with van der Waals surface area (Å²) >= 11 is 0. The second-order valence-corrected chi connectivity index (χ2v) is 5.18. The molecule has 0 aliphatic heterocycles. The Balaban J connectivity index is 2.23. The highest BCUT2D eigenvalue weighted by Gasteiger charge is 2.15. The smallest absolute Gasteiger partial charge is 0.434 e. The van der Waals surface area contributed by atoms with Gasteiger partial charge in [0, 0.05) is 25.2 Å². The summed E-state index contributed by atoms with van der Waals surface area (Å²) in [5.41, 5.74) is 1.92. The maximum Gasteiger partial charge on any atom is 0.515 e. The molecule has 130 valence electrons. The van der Waals surface area contributed by atoms with Crippen LogP contribution in [0.25, 0.3) is 0 Å². The monoisotopic (exact) mass is 341 g/mol. The number of hydrogen-bond acceptors (Lipinski definition) is 5. The molecule has 0 fully saturated rings. The van der Waals surface area contributed by atoms with Crippen LogP contribution in [-0.2, 0) is 16.6 Å². The molecule has 0 spiro atoms. The number of ether oxygens (including phenoxy) is 2. The van der Waals surface area contributed by atoms with Crippen LogP contribution >= 0.6 is 0 Å². The van der Waals surface area contributed by atoms with Crippen LogP contribution in [-0.4, -0.2) is 28.2 Å². The third-order valence-electron chi connectivity index (χ3n) is 3.15. The molecule has 1 aromatic carbocycles. The standard InChI is InChI=1S/C18H19N3O4/c1-5-24-18(23)25-17-12(2)19-16(21(17)4)10-9-14-7-6-8-15(11-14)20-13(3)22/h6-8,11H,5H2,1-4H3,(H,20,22). The summed E-state index contributed by atoms with van der Waals surface area (Å²) in [6.07, 6.45) is -0.781. The first-order chi connectivity index (χ1) is 11.9. The molecule has 25 heavy (non-hydrogen) atoms. The fourth-order valence-corrected chi connectivity index (χ4v) is 2.11. The van der Waals surface area contributed by atoms with Crippen LogP contribution in [0.5, 0.6) is 5.88 Å². The van der Waals surface area contributed by atoms with Crippen molar-refractivity contribution in [2.75, 3.05) is 11.9 Å². The van der Waals surface area contributed by atoms with E-state index in [1.54, 1.807) is 43.7 Å². The molecule has 2 rings (SSSR count). The number of amides is 1. The molecule has 0 atom stereocenters. The average molecular weight is 341 g/mol. The van der Waals surface area contributed by atoms with E-state index in [-0.39, 0.29) is 18.4 Å². The van der Waals surface area contributed by atoms with Crippen LogP contribution in [0.2, 0.25) is 0 Å². The van der Waals surface area contributed by atoms with Crippen LogP contribution in [0.15, 0.2) is 24.3 Å². The number of imidazole rings is 1. The number of aryl methyl sites for hydroxylation is 1. The fourth-order valence-electron chi connectivity index (χ4n) is 2.11. The number of carbonyl (C=O) groups is 2. The highest BCUT2D eigenvalue weighted by Crippen LogP contribution is 2.18. The van der Waals surface area contributed by atoms with Crippen LogP contribution in [0.1, 0.15) is 30.9 Å². The van der Waals surface area contributed by atoms with Crippen LogP contribution in [0.4, 0.5) is 10.5 Å². The van der Waals surface area contributed by atoms with Crippen LogP contribution < -0.4 is 10.1 Å². The minimum absolute atomic E-state index is 0.148. The van der Waals surface area contributed by atoms with E-state index in [4.69, 9.17) is 9.47 Å². The summed E-state index contributed by atoms with van der Waals surface area (Å²) in [5, 5.41) is 2.70. The van der Waals surface area contributed by atoms with E-state index in [0.29, 0.717) is 17.2 Å². The first-order valence-electron chi connectivity index (χ1n) is 7.68. The quantitative estimate of drug-likeness (QED) is 0.685.